The maximum atomic E-state index is 12.8. The Balaban J connectivity index is 1.75. The molecule has 0 saturated heterocycles. The van der Waals surface area contributed by atoms with Crippen LogP contribution in [0.5, 0.6) is 0 Å². The second kappa shape index (κ2) is 7.27. The van der Waals surface area contributed by atoms with Crippen LogP contribution in [-0.4, -0.2) is 33.4 Å². The Kier molecular flexibility index (Phi) is 5.06. The highest BCUT2D eigenvalue weighted by Crippen LogP contribution is 2.38. The Labute approximate surface area is 152 Å². The average Bonchev–Trinajstić information content (AvgIpc) is 3.17. The third-order valence-electron chi connectivity index (χ3n) is 4.72. The molecule has 1 aliphatic heterocycles. The van der Waals surface area contributed by atoms with Crippen LogP contribution in [0.4, 0.5) is 5.69 Å². The van der Waals surface area contributed by atoms with Gasteiger partial charge in [-0.2, -0.15) is 4.98 Å². The maximum Gasteiger partial charge on any atom is 0.246 e. The van der Waals surface area contributed by atoms with Crippen molar-refractivity contribution in [3.63, 3.8) is 0 Å². The minimum absolute atomic E-state index is 0.100. The molecule has 7 heteroatoms. The first-order chi connectivity index (χ1) is 12.4. The number of nitrogens with zero attached hydrogens (tertiary/aromatic N) is 3. The van der Waals surface area contributed by atoms with E-state index in [1.54, 1.807) is 4.90 Å². The fourth-order valence-electron chi connectivity index (χ4n) is 3.43. The number of hydrogen-bond donors (Lipinski definition) is 1. The van der Waals surface area contributed by atoms with E-state index >= 15 is 0 Å². The van der Waals surface area contributed by atoms with Gasteiger partial charge < -0.3 is 14.7 Å². The van der Waals surface area contributed by atoms with E-state index in [9.17, 15) is 9.59 Å². The Morgan fingerprint density at radius 1 is 1.31 bits per heavy atom. The summed E-state index contributed by atoms with van der Waals surface area (Å²) in [6.07, 6.45) is 0.812. The Morgan fingerprint density at radius 2 is 2.08 bits per heavy atom. The number of aryl methyl sites for hydroxylation is 3. The molecule has 0 spiro atoms. The molecule has 2 heterocycles. The number of fused-ring (bicyclic) bond motifs is 1. The number of rotatable bonds is 6. The van der Waals surface area contributed by atoms with Crippen molar-refractivity contribution in [2.24, 2.45) is 0 Å². The van der Waals surface area contributed by atoms with E-state index in [0.717, 1.165) is 22.4 Å². The molecular formula is C19H24N4O3. The highest BCUT2D eigenvalue weighted by molar-refractivity contribution is 6.05. The molecule has 1 aromatic heterocycles. The van der Waals surface area contributed by atoms with Crippen LogP contribution in [-0.2, 0) is 22.6 Å². The van der Waals surface area contributed by atoms with Crippen molar-refractivity contribution >= 4 is 17.5 Å². The summed E-state index contributed by atoms with van der Waals surface area (Å²) in [4.78, 5) is 31.1. The van der Waals surface area contributed by atoms with Crippen molar-refractivity contribution < 1.29 is 14.1 Å². The summed E-state index contributed by atoms with van der Waals surface area (Å²) in [7, 11) is 0. The van der Waals surface area contributed by atoms with Gasteiger partial charge in [-0.1, -0.05) is 18.1 Å². The van der Waals surface area contributed by atoms with E-state index < -0.39 is 5.92 Å². The second-order valence-corrected chi connectivity index (χ2v) is 6.65. The molecule has 2 amide bonds. The van der Waals surface area contributed by atoms with Crippen LogP contribution in [0.3, 0.4) is 0 Å². The molecular weight excluding hydrogens is 332 g/mol. The van der Waals surface area contributed by atoms with Gasteiger partial charge >= 0.3 is 0 Å². The zero-order chi connectivity index (χ0) is 18.8. The fourth-order valence-corrected chi connectivity index (χ4v) is 3.43. The van der Waals surface area contributed by atoms with Crippen LogP contribution in [0.1, 0.15) is 54.6 Å². The fraction of sp³-hybridized carbons (Fsp3) is 0.474. The van der Waals surface area contributed by atoms with Crippen LogP contribution in [0.15, 0.2) is 16.7 Å². The number of carbonyl (C=O) groups is 2. The SMILES string of the molecule is CCc1noc(CN(CC)C(=O)CC2C(=O)Nc3cc(C)cc(C)c32)n1. The number of carbonyl (C=O) groups excluding carboxylic acids is 2. The molecule has 1 unspecified atom stereocenters. The third kappa shape index (κ3) is 3.47. The second-order valence-electron chi connectivity index (χ2n) is 6.65. The molecule has 3 rings (SSSR count). The number of anilines is 1. The van der Waals surface area contributed by atoms with Gasteiger partial charge in [0.2, 0.25) is 17.7 Å². The van der Waals surface area contributed by atoms with Gasteiger partial charge in [0.1, 0.15) is 0 Å². The molecule has 0 bridgehead atoms. The lowest BCUT2D eigenvalue weighted by Crippen LogP contribution is -2.32. The van der Waals surface area contributed by atoms with Crippen molar-refractivity contribution in [3.8, 4) is 0 Å². The molecule has 1 N–H and O–H groups in total. The maximum absolute atomic E-state index is 12.8. The van der Waals surface area contributed by atoms with Crippen LogP contribution >= 0.6 is 0 Å². The number of nitrogens with one attached hydrogen (secondary N) is 1. The Morgan fingerprint density at radius 3 is 2.73 bits per heavy atom. The number of benzene rings is 1. The molecule has 0 saturated carbocycles. The quantitative estimate of drug-likeness (QED) is 0.860. The molecule has 1 aliphatic rings. The number of aromatic nitrogens is 2. The van der Waals surface area contributed by atoms with Gasteiger partial charge in [0, 0.05) is 25.1 Å². The zero-order valence-corrected chi connectivity index (χ0v) is 15.6. The van der Waals surface area contributed by atoms with E-state index in [1.165, 1.54) is 0 Å². The van der Waals surface area contributed by atoms with Crippen LogP contribution in [0, 0.1) is 13.8 Å². The van der Waals surface area contributed by atoms with Crippen molar-refractivity contribution in [3.05, 3.63) is 40.5 Å². The van der Waals surface area contributed by atoms with Gasteiger partial charge in [-0.25, -0.2) is 0 Å². The standard InChI is InChI=1S/C19H24N4O3/c1-5-15-21-16(26-22-15)10-23(6-2)17(24)9-13-18-12(4)7-11(3)8-14(18)20-19(13)25/h7-8,13H,5-6,9-10H2,1-4H3,(H,20,25). The zero-order valence-electron chi connectivity index (χ0n) is 15.6. The summed E-state index contributed by atoms with van der Waals surface area (Å²) in [5, 5.41) is 6.76. The molecule has 0 radical (unpaired) electrons. The molecule has 0 fully saturated rings. The first kappa shape index (κ1) is 18.1. The first-order valence-electron chi connectivity index (χ1n) is 8.94. The normalized spacial score (nSPS) is 15.7. The minimum Gasteiger partial charge on any atom is -0.337 e. The van der Waals surface area contributed by atoms with E-state index in [1.807, 2.05) is 39.8 Å². The third-order valence-corrected chi connectivity index (χ3v) is 4.72. The Bertz CT molecular complexity index is 843. The molecule has 7 nitrogen and oxygen atoms in total. The van der Waals surface area contributed by atoms with Gasteiger partial charge in [-0.15, -0.1) is 0 Å². The van der Waals surface area contributed by atoms with Gasteiger partial charge in [0.25, 0.3) is 0 Å². The van der Waals surface area contributed by atoms with E-state index in [4.69, 9.17) is 4.52 Å². The first-order valence-corrected chi connectivity index (χ1v) is 8.94. The summed E-state index contributed by atoms with van der Waals surface area (Å²) >= 11 is 0. The summed E-state index contributed by atoms with van der Waals surface area (Å²) in [5.41, 5.74) is 3.87. The molecule has 2 aromatic rings. The lowest BCUT2D eigenvalue weighted by atomic mass is 9.91. The molecule has 26 heavy (non-hydrogen) atoms. The topological polar surface area (TPSA) is 88.3 Å². The van der Waals surface area contributed by atoms with Crippen molar-refractivity contribution in [1.29, 1.82) is 0 Å². The summed E-state index contributed by atoms with van der Waals surface area (Å²) in [5.74, 6) is 0.362. The van der Waals surface area contributed by atoms with Gasteiger partial charge in [0.05, 0.1) is 12.5 Å². The lowest BCUT2D eigenvalue weighted by molar-refractivity contribution is -0.134. The van der Waals surface area contributed by atoms with Gasteiger partial charge in [-0.3, -0.25) is 9.59 Å². The van der Waals surface area contributed by atoms with Crippen LogP contribution < -0.4 is 5.32 Å². The van der Waals surface area contributed by atoms with Gasteiger partial charge in [0.15, 0.2) is 5.82 Å². The van der Waals surface area contributed by atoms with Gasteiger partial charge in [-0.05, 0) is 43.5 Å². The van der Waals surface area contributed by atoms with E-state index in [0.29, 0.717) is 24.7 Å². The summed E-state index contributed by atoms with van der Waals surface area (Å²) in [6, 6.07) is 3.99. The largest absolute Gasteiger partial charge is 0.337 e. The highest BCUT2D eigenvalue weighted by Gasteiger charge is 2.35. The average molecular weight is 356 g/mol. The predicted octanol–water partition coefficient (Wildman–Crippen LogP) is 2.72. The predicted molar refractivity (Wildman–Crippen MR) is 96.7 cm³/mol. The Hall–Kier alpha value is -2.70. The van der Waals surface area contributed by atoms with Crippen LogP contribution in [0.25, 0.3) is 0 Å². The monoisotopic (exact) mass is 356 g/mol. The molecule has 1 aromatic carbocycles. The summed E-state index contributed by atoms with van der Waals surface area (Å²) < 4.78 is 5.18. The molecule has 0 aliphatic carbocycles. The van der Waals surface area contributed by atoms with Crippen molar-refractivity contribution in [1.82, 2.24) is 15.0 Å². The molecule has 138 valence electrons. The smallest absolute Gasteiger partial charge is 0.246 e. The number of amides is 2. The molecule has 1 atom stereocenters. The van der Waals surface area contributed by atoms with Crippen LogP contribution in [0.2, 0.25) is 0 Å². The lowest BCUT2D eigenvalue weighted by Gasteiger charge is -2.21. The number of hydrogen-bond acceptors (Lipinski definition) is 5. The minimum atomic E-state index is -0.457. The van der Waals surface area contributed by atoms with Crippen molar-refractivity contribution in [2.45, 2.75) is 53.0 Å². The van der Waals surface area contributed by atoms with E-state index in [2.05, 4.69) is 15.5 Å². The van der Waals surface area contributed by atoms with E-state index in [-0.39, 0.29) is 24.8 Å². The van der Waals surface area contributed by atoms with Crippen molar-refractivity contribution in [2.75, 3.05) is 11.9 Å². The summed E-state index contributed by atoms with van der Waals surface area (Å²) in [6.45, 7) is 8.58. The highest BCUT2D eigenvalue weighted by atomic mass is 16.5.